The van der Waals surface area contributed by atoms with Gasteiger partial charge in [-0.15, -0.1) is 6.58 Å². The van der Waals surface area contributed by atoms with Crippen LogP contribution in [0.15, 0.2) is 36.9 Å². The highest BCUT2D eigenvalue weighted by molar-refractivity contribution is 5.29. The number of unbranched alkanes of at least 4 members (excludes halogenated alkanes) is 1. The first-order valence-corrected chi connectivity index (χ1v) is 5.43. The number of ether oxygens (including phenoxy) is 2. The number of phenols is 1. The second kappa shape index (κ2) is 7.77. The molecule has 0 radical (unpaired) electrons. The van der Waals surface area contributed by atoms with E-state index in [1.54, 1.807) is 30.3 Å². The minimum Gasteiger partial charge on any atom is -0.508 e. The Morgan fingerprint density at radius 2 is 1.81 bits per heavy atom. The molecule has 0 spiro atoms. The zero-order valence-corrected chi connectivity index (χ0v) is 9.39. The van der Waals surface area contributed by atoms with Gasteiger partial charge in [0, 0.05) is 6.61 Å². The number of phenolic OH excluding ortho intramolecular Hbond substituents is 1. The third kappa shape index (κ3) is 5.41. The van der Waals surface area contributed by atoms with Gasteiger partial charge in [0.15, 0.2) is 0 Å². The molecule has 1 rings (SSSR count). The minimum atomic E-state index is 0.255. The van der Waals surface area contributed by atoms with Gasteiger partial charge in [0.2, 0.25) is 0 Å². The first-order chi connectivity index (χ1) is 7.83. The molecule has 0 atom stereocenters. The van der Waals surface area contributed by atoms with Crippen LogP contribution in [-0.2, 0) is 4.74 Å². The Labute approximate surface area is 96.3 Å². The predicted octanol–water partition coefficient (Wildman–Crippen LogP) is 2.75. The van der Waals surface area contributed by atoms with Gasteiger partial charge in [-0.1, -0.05) is 6.08 Å². The molecule has 0 aliphatic heterocycles. The predicted molar refractivity (Wildman–Crippen MR) is 63.9 cm³/mol. The lowest BCUT2D eigenvalue weighted by molar-refractivity contribution is 0.152. The van der Waals surface area contributed by atoms with E-state index in [2.05, 4.69) is 6.58 Å². The van der Waals surface area contributed by atoms with Gasteiger partial charge in [-0.2, -0.15) is 0 Å². The highest BCUT2D eigenvalue weighted by atomic mass is 16.5. The van der Waals surface area contributed by atoms with Crippen molar-refractivity contribution in [1.82, 2.24) is 0 Å². The van der Waals surface area contributed by atoms with Crippen LogP contribution in [0, 0.1) is 0 Å². The molecule has 88 valence electrons. The van der Waals surface area contributed by atoms with E-state index in [-0.39, 0.29) is 5.75 Å². The zero-order chi connectivity index (χ0) is 11.6. The molecular weight excluding hydrogens is 204 g/mol. The van der Waals surface area contributed by atoms with Crippen molar-refractivity contribution >= 4 is 0 Å². The topological polar surface area (TPSA) is 38.7 Å². The van der Waals surface area contributed by atoms with Gasteiger partial charge in [0.05, 0.1) is 13.2 Å². The summed E-state index contributed by atoms with van der Waals surface area (Å²) in [5.41, 5.74) is 0. The summed E-state index contributed by atoms with van der Waals surface area (Å²) in [4.78, 5) is 0. The summed E-state index contributed by atoms with van der Waals surface area (Å²) in [7, 11) is 0. The molecule has 16 heavy (non-hydrogen) atoms. The van der Waals surface area contributed by atoms with E-state index < -0.39 is 0 Å². The summed E-state index contributed by atoms with van der Waals surface area (Å²) in [6.07, 6.45) is 3.68. The minimum absolute atomic E-state index is 0.255. The molecule has 0 saturated heterocycles. The molecule has 3 nitrogen and oxygen atoms in total. The monoisotopic (exact) mass is 222 g/mol. The fraction of sp³-hybridized carbons (Fsp3) is 0.385. The van der Waals surface area contributed by atoms with Gasteiger partial charge < -0.3 is 14.6 Å². The van der Waals surface area contributed by atoms with Crippen molar-refractivity contribution in [2.45, 2.75) is 12.8 Å². The zero-order valence-electron chi connectivity index (χ0n) is 9.39. The van der Waals surface area contributed by atoms with E-state index >= 15 is 0 Å². The Kier molecular flexibility index (Phi) is 6.11. The van der Waals surface area contributed by atoms with E-state index in [1.807, 2.05) is 0 Å². The lowest BCUT2D eigenvalue weighted by Gasteiger charge is -2.06. The number of hydrogen-bond acceptors (Lipinski definition) is 3. The summed E-state index contributed by atoms with van der Waals surface area (Å²) in [5, 5.41) is 9.07. The molecule has 0 saturated carbocycles. The molecule has 0 aliphatic carbocycles. The van der Waals surface area contributed by atoms with E-state index in [4.69, 9.17) is 14.6 Å². The second-order valence-corrected chi connectivity index (χ2v) is 3.41. The van der Waals surface area contributed by atoms with Crippen LogP contribution < -0.4 is 4.74 Å². The maximum atomic E-state index is 9.07. The number of benzene rings is 1. The van der Waals surface area contributed by atoms with Crippen molar-refractivity contribution in [3.8, 4) is 11.5 Å². The first-order valence-electron chi connectivity index (χ1n) is 5.43. The largest absolute Gasteiger partial charge is 0.508 e. The van der Waals surface area contributed by atoms with E-state index in [9.17, 15) is 0 Å². The van der Waals surface area contributed by atoms with Crippen LogP contribution in [0.2, 0.25) is 0 Å². The normalized spacial score (nSPS) is 10.0. The lowest BCUT2D eigenvalue weighted by atomic mass is 10.3. The quantitative estimate of drug-likeness (QED) is 0.543. The van der Waals surface area contributed by atoms with Gasteiger partial charge in [-0.3, -0.25) is 0 Å². The molecule has 0 heterocycles. The average molecular weight is 222 g/mol. The molecule has 0 fully saturated rings. The third-order valence-corrected chi connectivity index (χ3v) is 2.02. The highest BCUT2D eigenvalue weighted by Gasteiger charge is 1.94. The molecule has 1 aromatic rings. The number of aromatic hydroxyl groups is 1. The fourth-order valence-electron chi connectivity index (χ4n) is 1.21. The molecule has 0 bridgehead atoms. The van der Waals surface area contributed by atoms with Crippen LogP contribution in [0.25, 0.3) is 0 Å². The number of rotatable bonds is 8. The van der Waals surface area contributed by atoms with Crippen molar-refractivity contribution in [3.63, 3.8) is 0 Å². The van der Waals surface area contributed by atoms with Crippen molar-refractivity contribution in [1.29, 1.82) is 0 Å². The van der Waals surface area contributed by atoms with Gasteiger partial charge in [0.1, 0.15) is 11.5 Å². The van der Waals surface area contributed by atoms with Crippen LogP contribution >= 0.6 is 0 Å². The molecule has 1 aromatic carbocycles. The van der Waals surface area contributed by atoms with Gasteiger partial charge in [-0.05, 0) is 37.1 Å². The summed E-state index contributed by atoms with van der Waals surface area (Å²) in [6, 6.07) is 6.73. The SMILES string of the molecule is C=CCOCCCCOc1ccc(O)cc1. The van der Waals surface area contributed by atoms with Gasteiger partial charge in [-0.25, -0.2) is 0 Å². The summed E-state index contributed by atoms with van der Waals surface area (Å²) in [5.74, 6) is 1.04. The summed E-state index contributed by atoms with van der Waals surface area (Å²) in [6.45, 7) is 5.59. The summed E-state index contributed by atoms with van der Waals surface area (Å²) >= 11 is 0. The molecule has 0 aromatic heterocycles. The average Bonchev–Trinajstić information content (AvgIpc) is 2.30. The van der Waals surface area contributed by atoms with Crippen LogP contribution in [0.1, 0.15) is 12.8 Å². The maximum absolute atomic E-state index is 9.07. The smallest absolute Gasteiger partial charge is 0.119 e. The van der Waals surface area contributed by atoms with Crippen LogP contribution in [-0.4, -0.2) is 24.9 Å². The lowest BCUT2D eigenvalue weighted by Crippen LogP contribution is -2.00. The Balaban J connectivity index is 2.02. The fourth-order valence-corrected chi connectivity index (χ4v) is 1.21. The van der Waals surface area contributed by atoms with Crippen molar-refractivity contribution < 1.29 is 14.6 Å². The molecule has 3 heteroatoms. The maximum Gasteiger partial charge on any atom is 0.119 e. The summed E-state index contributed by atoms with van der Waals surface area (Å²) < 4.78 is 10.7. The van der Waals surface area contributed by atoms with Crippen LogP contribution in [0.5, 0.6) is 11.5 Å². The van der Waals surface area contributed by atoms with E-state index in [0.717, 1.165) is 25.2 Å². The molecular formula is C13H18O3. The van der Waals surface area contributed by atoms with Crippen molar-refractivity contribution in [3.05, 3.63) is 36.9 Å². The number of hydrogen-bond donors (Lipinski definition) is 1. The Morgan fingerprint density at radius 1 is 1.12 bits per heavy atom. The van der Waals surface area contributed by atoms with Crippen LogP contribution in [0.3, 0.4) is 0 Å². The van der Waals surface area contributed by atoms with Crippen molar-refractivity contribution in [2.75, 3.05) is 19.8 Å². The Hall–Kier alpha value is -1.48. The molecule has 1 N–H and O–H groups in total. The van der Waals surface area contributed by atoms with Crippen LogP contribution in [0.4, 0.5) is 0 Å². The third-order valence-electron chi connectivity index (χ3n) is 2.02. The highest BCUT2D eigenvalue weighted by Crippen LogP contribution is 2.15. The standard InChI is InChI=1S/C13H18O3/c1-2-9-15-10-3-4-11-16-13-7-5-12(14)6-8-13/h2,5-8,14H,1,3-4,9-11H2. The molecule has 0 unspecified atom stereocenters. The first kappa shape index (κ1) is 12.6. The van der Waals surface area contributed by atoms with Gasteiger partial charge >= 0.3 is 0 Å². The van der Waals surface area contributed by atoms with E-state index in [1.165, 1.54) is 0 Å². The van der Waals surface area contributed by atoms with E-state index in [0.29, 0.717) is 13.2 Å². The van der Waals surface area contributed by atoms with Crippen molar-refractivity contribution in [2.24, 2.45) is 0 Å². The Morgan fingerprint density at radius 3 is 2.50 bits per heavy atom. The van der Waals surface area contributed by atoms with Gasteiger partial charge in [0.25, 0.3) is 0 Å². The Bertz CT molecular complexity index is 293. The second-order valence-electron chi connectivity index (χ2n) is 3.41. The molecule has 0 amide bonds. The molecule has 0 aliphatic rings.